The van der Waals surface area contributed by atoms with E-state index in [1.807, 2.05) is 30.3 Å². The van der Waals surface area contributed by atoms with Crippen molar-refractivity contribution in [2.75, 3.05) is 12.4 Å². The maximum Gasteiger partial charge on any atom is 0.416 e. The first-order valence-electron chi connectivity index (χ1n) is 12.1. The smallest absolute Gasteiger partial charge is 0.416 e. The van der Waals surface area contributed by atoms with Crippen LogP contribution >= 0.6 is 0 Å². The lowest BCUT2D eigenvalue weighted by Crippen LogP contribution is -2.10. The van der Waals surface area contributed by atoms with Crippen molar-refractivity contribution in [2.45, 2.75) is 12.8 Å². The van der Waals surface area contributed by atoms with Crippen molar-refractivity contribution in [2.24, 2.45) is 0 Å². The molecule has 10 heteroatoms. The van der Waals surface area contributed by atoms with Gasteiger partial charge in [-0.1, -0.05) is 36.9 Å². The average molecular weight is 545 g/mol. The monoisotopic (exact) mass is 544 g/mol. The van der Waals surface area contributed by atoms with Crippen molar-refractivity contribution in [3.8, 4) is 33.9 Å². The van der Waals surface area contributed by atoms with Gasteiger partial charge in [-0.3, -0.25) is 4.79 Å². The second-order valence-corrected chi connectivity index (χ2v) is 8.81. The molecule has 0 aliphatic carbocycles. The van der Waals surface area contributed by atoms with Gasteiger partial charge in [0.25, 0.3) is 0 Å². The number of fused-ring (bicyclic) bond motifs is 1. The van der Waals surface area contributed by atoms with Gasteiger partial charge >= 0.3 is 6.18 Å². The van der Waals surface area contributed by atoms with Crippen LogP contribution in [0.2, 0.25) is 0 Å². The standard InChI is InChI=1S/C30H23F3N4O3/c1-3-27(38)37-22-10-19(9-21(12-22)30(31,32)33)20-11-24-25(15-36-29(24)35-14-20)23-13-28(39-2)34-16-26(23)40-17-18-7-5-4-6-8-18/h3-16H,1,17H2,2H3,(H,35,36)(H,37,38). The number of halogens is 3. The molecule has 5 rings (SSSR count). The Kier molecular flexibility index (Phi) is 7.24. The van der Waals surface area contributed by atoms with Gasteiger partial charge in [0.2, 0.25) is 11.8 Å². The van der Waals surface area contributed by atoms with Crippen LogP contribution in [0.1, 0.15) is 11.1 Å². The lowest BCUT2D eigenvalue weighted by atomic mass is 10.00. The summed E-state index contributed by atoms with van der Waals surface area (Å²) in [6, 6.07) is 16.4. The summed E-state index contributed by atoms with van der Waals surface area (Å²) in [5, 5.41) is 3.05. The highest BCUT2D eigenvalue weighted by atomic mass is 19.4. The van der Waals surface area contributed by atoms with Gasteiger partial charge in [0.15, 0.2) is 0 Å². The number of aromatic nitrogens is 3. The number of carbonyl (C=O) groups excluding carboxylic acids is 1. The third-order valence-corrected chi connectivity index (χ3v) is 6.16. The molecule has 0 saturated heterocycles. The molecule has 0 saturated carbocycles. The summed E-state index contributed by atoms with van der Waals surface area (Å²) in [6.07, 6.45) is 1.14. The van der Waals surface area contributed by atoms with Crippen LogP contribution in [0.15, 0.2) is 91.9 Å². The fraction of sp³-hybridized carbons (Fsp3) is 0.100. The SMILES string of the molecule is C=CC(=O)Nc1cc(-c2cnc3[nH]cc(-c4cc(OC)ncc4OCc4ccccc4)c3c2)cc(C(F)(F)F)c1. The largest absolute Gasteiger partial charge is 0.487 e. The molecule has 2 N–H and O–H groups in total. The number of methoxy groups -OCH3 is 1. The number of amides is 1. The highest BCUT2D eigenvalue weighted by molar-refractivity contribution is 6.00. The van der Waals surface area contributed by atoms with Crippen LogP contribution in [0.4, 0.5) is 18.9 Å². The van der Waals surface area contributed by atoms with Crippen molar-refractivity contribution in [1.29, 1.82) is 0 Å². The Morgan fingerprint density at radius 3 is 2.55 bits per heavy atom. The molecule has 40 heavy (non-hydrogen) atoms. The van der Waals surface area contributed by atoms with Gasteiger partial charge in [-0.2, -0.15) is 13.2 Å². The highest BCUT2D eigenvalue weighted by Crippen LogP contribution is 2.39. The molecule has 202 valence electrons. The van der Waals surface area contributed by atoms with Crippen LogP contribution in [-0.2, 0) is 17.6 Å². The topological polar surface area (TPSA) is 89.1 Å². The molecule has 0 atom stereocenters. The van der Waals surface area contributed by atoms with E-state index >= 15 is 0 Å². The maximum absolute atomic E-state index is 13.7. The fourth-order valence-electron chi connectivity index (χ4n) is 4.20. The molecule has 7 nitrogen and oxygen atoms in total. The molecular weight excluding hydrogens is 521 g/mol. The summed E-state index contributed by atoms with van der Waals surface area (Å²) in [5.74, 6) is 0.229. The fourth-order valence-corrected chi connectivity index (χ4v) is 4.20. The Bertz CT molecular complexity index is 1700. The molecule has 0 aliphatic heterocycles. The minimum absolute atomic E-state index is 0.0143. The molecule has 0 aliphatic rings. The lowest BCUT2D eigenvalue weighted by molar-refractivity contribution is -0.137. The summed E-state index contributed by atoms with van der Waals surface area (Å²) >= 11 is 0. The number of hydrogen-bond donors (Lipinski definition) is 2. The number of carbonyl (C=O) groups is 1. The van der Waals surface area contributed by atoms with E-state index < -0.39 is 17.6 Å². The number of anilines is 1. The Balaban J connectivity index is 1.59. The first-order valence-corrected chi connectivity index (χ1v) is 12.1. The zero-order chi connectivity index (χ0) is 28.3. The third kappa shape index (κ3) is 5.65. The summed E-state index contributed by atoms with van der Waals surface area (Å²) in [4.78, 5) is 23.6. The molecule has 1 amide bonds. The van der Waals surface area contributed by atoms with E-state index in [1.165, 1.54) is 19.4 Å². The molecule has 0 radical (unpaired) electrons. The van der Waals surface area contributed by atoms with Crippen molar-refractivity contribution < 1.29 is 27.4 Å². The van der Waals surface area contributed by atoms with Crippen LogP contribution in [0.5, 0.6) is 11.6 Å². The quantitative estimate of drug-likeness (QED) is 0.205. The lowest BCUT2D eigenvalue weighted by Gasteiger charge is -2.14. The average Bonchev–Trinajstić information content (AvgIpc) is 3.39. The van der Waals surface area contributed by atoms with Gasteiger partial charge in [-0.15, -0.1) is 0 Å². The van der Waals surface area contributed by atoms with Gasteiger partial charge < -0.3 is 19.8 Å². The molecule has 0 unspecified atom stereocenters. The Hall–Kier alpha value is -5.12. The van der Waals surface area contributed by atoms with Gasteiger partial charge in [-0.05, 0) is 41.5 Å². The number of nitrogens with zero attached hydrogens (tertiary/aromatic N) is 2. The Morgan fingerprint density at radius 1 is 1.02 bits per heavy atom. The van der Waals surface area contributed by atoms with Crippen molar-refractivity contribution >= 4 is 22.6 Å². The second-order valence-electron chi connectivity index (χ2n) is 8.81. The van der Waals surface area contributed by atoms with Crippen LogP contribution in [0, 0.1) is 0 Å². The molecule has 2 aromatic carbocycles. The maximum atomic E-state index is 13.7. The molecule has 3 heterocycles. The minimum Gasteiger partial charge on any atom is -0.487 e. The zero-order valence-corrected chi connectivity index (χ0v) is 21.3. The van der Waals surface area contributed by atoms with Crippen LogP contribution in [0.3, 0.4) is 0 Å². The number of pyridine rings is 2. The zero-order valence-electron chi connectivity index (χ0n) is 21.3. The molecular formula is C30H23F3N4O3. The number of ether oxygens (including phenoxy) is 2. The number of nitrogens with one attached hydrogen (secondary N) is 2. The number of benzene rings is 2. The molecule has 0 spiro atoms. The van der Waals surface area contributed by atoms with E-state index in [0.717, 1.165) is 23.8 Å². The van der Waals surface area contributed by atoms with Gasteiger partial charge in [-0.25, -0.2) is 9.97 Å². The van der Waals surface area contributed by atoms with E-state index in [0.29, 0.717) is 46.0 Å². The number of rotatable bonds is 8. The van der Waals surface area contributed by atoms with E-state index in [9.17, 15) is 18.0 Å². The first-order chi connectivity index (χ1) is 19.2. The van der Waals surface area contributed by atoms with Crippen molar-refractivity contribution in [3.63, 3.8) is 0 Å². The summed E-state index contributed by atoms with van der Waals surface area (Å²) < 4.78 is 52.5. The van der Waals surface area contributed by atoms with E-state index in [-0.39, 0.29) is 11.3 Å². The van der Waals surface area contributed by atoms with Crippen LogP contribution in [-0.4, -0.2) is 28.0 Å². The molecule has 5 aromatic rings. The highest BCUT2D eigenvalue weighted by Gasteiger charge is 2.31. The number of aromatic amines is 1. The first kappa shape index (κ1) is 26.5. The predicted molar refractivity (Wildman–Crippen MR) is 146 cm³/mol. The summed E-state index contributed by atoms with van der Waals surface area (Å²) in [5.41, 5.74) is 2.57. The number of hydrogen-bond acceptors (Lipinski definition) is 5. The van der Waals surface area contributed by atoms with Crippen molar-refractivity contribution in [3.05, 3.63) is 103 Å². The van der Waals surface area contributed by atoms with Gasteiger partial charge in [0.1, 0.15) is 18.0 Å². The normalized spacial score (nSPS) is 11.3. The number of H-pyrrole nitrogens is 1. The van der Waals surface area contributed by atoms with E-state index in [4.69, 9.17) is 9.47 Å². The Labute approximate surface area is 227 Å². The van der Waals surface area contributed by atoms with Crippen molar-refractivity contribution in [1.82, 2.24) is 15.0 Å². The van der Waals surface area contributed by atoms with E-state index in [1.54, 1.807) is 24.5 Å². The van der Waals surface area contributed by atoms with Gasteiger partial charge in [0, 0.05) is 46.2 Å². The summed E-state index contributed by atoms with van der Waals surface area (Å²) in [7, 11) is 1.50. The molecule has 0 fully saturated rings. The number of alkyl halides is 3. The van der Waals surface area contributed by atoms with Gasteiger partial charge in [0.05, 0.1) is 18.9 Å². The summed E-state index contributed by atoms with van der Waals surface area (Å²) in [6.45, 7) is 3.66. The van der Waals surface area contributed by atoms with Crippen LogP contribution < -0.4 is 14.8 Å². The predicted octanol–water partition coefficient (Wildman–Crippen LogP) is 7.02. The third-order valence-electron chi connectivity index (χ3n) is 6.16. The van der Waals surface area contributed by atoms with E-state index in [2.05, 4.69) is 26.8 Å². The minimum atomic E-state index is -4.63. The van der Waals surface area contributed by atoms with Crippen LogP contribution in [0.25, 0.3) is 33.3 Å². The second kappa shape index (κ2) is 10.9. The molecule has 0 bridgehead atoms. The molecule has 3 aromatic heterocycles. The Morgan fingerprint density at radius 2 is 1.82 bits per heavy atom.